The Labute approximate surface area is 134 Å². The average Bonchev–Trinajstić information content (AvgIpc) is 3.10. The molecule has 2 heterocycles. The molecule has 104 valence electrons. The van der Waals surface area contributed by atoms with Gasteiger partial charge in [-0.05, 0) is 29.2 Å². The molecular formula is C16H10BrNO2S. The molecule has 1 aliphatic rings. The summed E-state index contributed by atoms with van der Waals surface area (Å²) >= 11 is 4.92. The first-order valence-corrected chi connectivity index (χ1v) is 7.88. The van der Waals surface area contributed by atoms with Crippen LogP contribution < -0.4 is 0 Å². The summed E-state index contributed by atoms with van der Waals surface area (Å²) < 4.78 is 5.94. The molecule has 0 spiro atoms. The van der Waals surface area contributed by atoms with Gasteiger partial charge in [0.05, 0.1) is 4.88 Å². The fourth-order valence-corrected chi connectivity index (χ4v) is 2.93. The van der Waals surface area contributed by atoms with Gasteiger partial charge in [0.25, 0.3) is 0 Å². The number of hydrogen-bond acceptors (Lipinski definition) is 4. The molecule has 21 heavy (non-hydrogen) atoms. The molecule has 0 aliphatic carbocycles. The van der Waals surface area contributed by atoms with Gasteiger partial charge < -0.3 is 4.74 Å². The molecule has 3 rings (SSSR count). The monoisotopic (exact) mass is 359 g/mol. The highest BCUT2D eigenvalue weighted by Crippen LogP contribution is 2.23. The second-order valence-electron chi connectivity index (χ2n) is 4.25. The van der Waals surface area contributed by atoms with E-state index in [1.165, 1.54) is 11.3 Å². The first-order valence-electron chi connectivity index (χ1n) is 6.21. The number of allylic oxidation sites excluding steroid dienone is 2. The minimum absolute atomic E-state index is 0.289. The fraction of sp³-hybridized carbons (Fsp3) is 0. The molecule has 0 atom stereocenters. The van der Waals surface area contributed by atoms with E-state index in [2.05, 4.69) is 20.9 Å². The van der Waals surface area contributed by atoms with Gasteiger partial charge in [0.2, 0.25) is 5.90 Å². The highest BCUT2D eigenvalue weighted by molar-refractivity contribution is 9.12. The Kier molecular flexibility index (Phi) is 4.13. The van der Waals surface area contributed by atoms with Crippen molar-refractivity contribution in [1.29, 1.82) is 0 Å². The molecule has 1 aromatic carbocycles. The molecule has 0 N–H and O–H groups in total. The maximum atomic E-state index is 11.8. The molecule has 0 fully saturated rings. The second-order valence-corrected chi connectivity index (χ2v) is 6.12. The van der Waals surface area contributed by atoms with E-state index in [0.29, 0.717) is 5.90 Å². The predicted octanol–water partition coefficient (Wildman–Crippen LogP) is 4.37. The van der Waals surface area contributed by atoms with Gasteiger partial charge in [-0.1, -0.05) is 52.3 Å². The Morgan fingerprint density at radius 3 is 2.71 bits per heavy atom. The molecule has 0 bridgehead atoms. The van der Waals surface area contributed by atoms with Crippen LogP contribution in [0.1, 0.15) is 10.4 Å². The van der Waals surface area contributed by atoms with Gasteiger partial charge in [0.15, 0.2) is 5.70 Å². The third-order valence-electron chi connectivity index (χ3n) is 2.73. The van der Waals surface area contributed by atoms with Gasteiger partial charge in [-0.2, -0.15) is 0 Å². The Bertz CT molecular complexity index is 746. The number of hydrogen-bond donors (Lipinski definition) is 0. The summed E-state index contributed by atoms with van der Waals surface area (Å²) in [5.41, 5.74) is 1.33. The zero-order valence-corrected chi connectivity index (χ0v) is 13.2. The van der Waals surface area contributed by atoms with E-state index >= 15 is 0 Å². The minimum Gasteiger partial charge on any atom is -0.401 e. The van der Waals surface area contributed by atoms with Crippen molar-refractivity contribution in [2.75, 3.05) is 0 Å². The first kappa shape index (κ1) is 14.0. The van der Waals surface area contributed by atoms with Crippen LogP contribution in [0.4, 0.5) is 0 Å². The summed E-state index contributed by atoms with van der Waals surface area (Å²) in [6, 6.07) is 13.6. The summed E-state index contributed by atoms with van der Waals surface area (Å²) in [4.78, 5) is 16.9. The number of rotatable bonds is 3. The molecule has 0 saturated heterocycles. The number of ether oxygens (including phenoxy) is 1. The zero-order chi connectivity index (χ0) is 14.7. The van der Waals surface area contributed by atoms with E-state index in [-0.39, 0.29) is 5.70 Å². The summed E-state index contributed by atoms with van der Waals surface area (Å²) in [5, 5.41) is 1.92. The van der Waals surface area contributed by atoms with E-state index in [9.17, 15) is 4.79 Å². The number of thiophene rings is 1. The average molecular weight is 360 g/mol. The topological polar surface area (TPSA) is 38.7 Å². The van der Waals surface area contributed by atoms with Crippen LogP contribution in [0, 0.1) is 0 Å². The molecule has 0 radical (unpaired) electrons. The van der Waals surface area contributed by atoms with E-state index in [1.807, 2.05) is 53.9 Å². The van der Waals surface area contributed by atoms with E-state index in [1.54, 1.807) is 6.08 Å². The lowest BCUT2D eigenvalue weighted by Gasteiger charge is -1.94. The van der Waals surface area contributed by atoms with E-state index < -0.39 is 5.97 Å². The van der Waals surface area contributed by atoms with Gasteiger partial charge in [-0.25, -0.2) is 9.79 Å². The molecular weight excluding hydrogens is 350 g/mol. The van der Waals surface area contributed by atoms with Crippen molar-refractivity contribution in [3.05, 3.63) is 74.5 Å². The van der Waals surface area contributed by atoms with Crippen LogP contribution in [0.3, 0.4) is 0 Å². The van der Waals surface area contributed by atoms with Crippen LogP contribution in [0.2, 0.25) is 0 Å². The van der Waals surface area contributed by atoms with Crippen molar-refractivity contribution in [2.45, 2.75) is 0 Å². The molecule has 2 aromatic rings. The first-order chi connectivity index (χ1) is 10.2. The van der Waals surface area contributed by atoms with Crippen molar-refractivity contribution in [3.63, 3.8) is 0 Å². The Balaban J connectivity index is 1.86. The number of nitrogens with zero attached hydrogens (tertiary/aromatic N) is 1. The number of esters is 1. The Morgan fingerprint density at radius 1 is 1.19 bits per heavy atom. The number of aliphatic imine (C=N–C) groups is 1. The van der Waals surface area contributed by atoms with Gasteiger partial charge in [-0.15, -0.1) is 11.3 Å². The number of cyclic esters (lactones) is 1. The van der Waals surface area contributed by atoms with Crippen LogP contribution in [0.25, 0.3) is 6.08 Å². The van der Waals surface area contributed by atoms with Crippen LogP contribution >= 0.6 is 27.3 Å². The third kappa shape index (κ3) is 3.37. The van der Waals surface area contributed by atoms with Gasteiger partial charge in [0.1, 0.15) is 0 Å². The third-order valence-corrected chi connectivity index (χ3v) is 4.05. The van der Waals surface area contributed by atoms with Crippen molar-refractivity contribution in [3.8, 4) is 0 Å². The Morgan fingerprint density at radius 2 is 2.00 bits per heavy atom. The van der Waals surface area contributed by atoms with Crippen molar-refractivity contribution < 1.29 is 9.53 Å². The molecule has 5 heteroatoms. The number of benzene rings is 1. The van der Waals surface area contributed by atoms with Crippen LogP contribution in [0.5, 0.6) is 0 Å². The number of carbonyl (C=O) groups excluding carboxylic acids is 1. The standard InChI is InChI=1S/C16H10BrNO2S/c17-12(9-11-5-2-1-3-6-11)10-13-16(19)20-15(18-13)14-7-4-8-21-14/h1-10H. The molecule has 0 saturated carbocycles. The Hall–Kier alpha value is -1.98. The number of halogens is 1. The zero-order valence-electron chi connectivity index (χ0n) is 10.8. The maximum Gasteiger partial charge on any atom is 0.363 e. The summed E-state index contributed by atoms with van der Waals surface area (Å²) in [6.45, 7) is 0. The molecule has 0 amide bonds. The van der Waals surface area contributed by atoms with Crippen molar-refractivity contribution in [2.24, 2.45) is 4.99 Å². The molecule has 1 aliphatic heterocycles. The fourth-order valence-electron chi connectivity index (χ4n) is 1.80. The lowest BCUT2D eigenvalue weighted by atomic mass is 10.2. The van der Waals surface area contributed by atoms with Gasteiger partial charge in [-0.3, -0.25) is 0 Å². The molecule has 3 nitrogen and oxygen atoms in total. The van der Waals surface area contributed by atoms with Crippen LogP contribution in [-0.2, 0) is 9.53 Å². The highest BCUT2D eigenvalue weighted by atomic mass is 79.9. The smallest absolute Gasteiger partial charge is 0.363 e. The van der Waals surface area contributed by atoms with Crippen LogP contribution in [0.15, 0.2) is 69.1 Å². The lowest BCUT2D eigenvalue weighted by Crippen LogP contribution is -2.03. The normalized spacial score (nSPS) is 17.0. The SMILES string of the molecule is O=C1OC(c2cccs2)=NC1=CC(Br)=Cc1ccccc1. The number of carbonyl (C=O) groups is 1. The van der Waals surface area contributed by atoms with Crippen LogP contribution in [-0.4, -0.2) is 11.9 Å². The molecule has 0 unspecified atom stereocenters. The second kappa shape index (κ2) is 6.20. The highest BCUT2D eigenvalue weighted by Gasteiger charge is 2.24. The molecule has 1 aromatic heterocycles. The quantitative estimate of drug-likeness (QED) is 0.602. The van der Waals surface area contributed by atoms with Gasteiger partial charge in [0, 0.05) is 4.48 Å². The minimum atomic E-state index is -0.434. The van der Waals surface area contributed by atoms with Crippen molar-refractivity contribution in [1.82, 2.24) is 0 Å². The maximum absolute atomic E-state index is 11.8. The summed E-state index contributed by atoms with van der Waals surface area (Å²) in [5.74, 6) is -0.0712. The summed E-state index contributed by atoms with van der Waals surface area (Å²) in [7, 11) is 0. The van der Waals surface area contributed by atoms with E-state index in [4.69, 9.17) is 4.74 Å². The van der Waals surface area contributed by atoms with Gasteiger partial charge >= 0.3 is 5.97 Å². The van der Waals surface area contributed by atoms with E-state index in [0.717, 1.165) is 14.9 Å². The predicted molar refractivity (Wildman–Crippen MR) is 88.4 cm³/mol. The summed E-state index contributed by atoms with van der Waals surface area (Å²) in [6.07, 6.45) is 3.58. The lowest BCUT2D eigenvalue weighted by molar-refractivity contribution is -0.130. The van der Waals surface area contributed by atoms with Crippen molar-refractivity contribution >= 4 is 45.2 Å². The largest absolute Gasteiger partial charge is 0.401 e.